The average Bonchev–Trinajstić information content (AvgIpc) is 3.02. The highest BCUT2D eigenvalue weighted by molar-refractivity contribution is 8.15. The van der Waals surface area contributed by atoms with E-state index in [4.69, 9.17) is 4.74 Å². The van der Waals surface area contributed by atoms with Gasteiger partial charge in [-0.05, 0) is 42.2 Å². The number of methoxy groups -OCH3 is 1. The van der Waals surface area contributed by atoms with E-state index in [2.05, 4.69) is 37.0 Å². The number of nitrogens with zero attached hydrogens (tertiary/aromatic N) is 3. The molecule has 6 heteroatoms. The van der Waals surface area contributed by atoms with Crippen molar-refractivity contribution in [3.05, 3.63) is 65.4 Å². The number of hydrogen-bond acceptors (Lipinski definition) is 5. The van der Waals surface area contributed by atoms with Gasteiger partial charge < -0.3 is 4.74 Å². The molecule has 1 amide bonds. The van der Waals surface area contributed by atoms with E-state index in [-0.39, 0.29) is 11.2 Å². The third-order valence-electron chi connectivity index (χ3n) is 4.51. The molecule has 1 unspecified atom stereocenters. The molecule has 0 aliphatic carbocycles. The van der Waals surface area contributed by atoms with Crippen molar-refractivity contribution >= 4 is 34.6 Å². The molecule has 1 aliphatic rings. The first-order valence-corrected chi connectivity index (χ1v) is 10.3. The number of carbonyl (C=O) groups is 1. The SMILES string of the molecule is COc1cccc(N2C(=O)/C(=C\c3ccc(C(C)C)cc3)N=C2SC(C)C#N)c1. The smallest absolute Gasteiger partial charge is 0.283 e. The highest BCUT2D eigenvalue weighted by Gasteiger charge is 2.33. The van der Waals surface area contributed by atoms with Crippen molar-refractivity contribution in [3.8, 4) is 11.8 Å². The fraction of sp³-hybridized carbons (Fsp3) is 0.261. The van der Waals surface area contributed by atoms with Gasteiger partial charge in [-0.3, -0.25) is 9.69 Å². The van der Waals surface area contributed by atoms with Gasteiger partial charge >= 0.3 is 0 Å². The Kier molecular flexibility index (Phi) is 6.40. The van der Waals surface area contributed by atoms with Gasteiger partial charge in [-0.15, -0.1) is 0 Å². The van der Waals surface area contributed by atoms with E-state index in [9.17, 15) is 10.1 Å². The van der Waals surface area contributed by atoms with E-state index in [0.717, 1.165) is 5.56 Å². The number of amides is 1. The van der Waals surface area contributed by atoms with Crippen LogP contribution in [0.1, 0.15) is 37.8 Å². The minimum atomic E-state index is -0.334. The van der Waals surface area contributed by atoms with Crippen LogP contribution in [0.4, 0.5) is 5.69 Å². The van der Waals surface area contributed by atoms with Crippen molar-refractivity contribution in [2.24, 2.45) is 4.99 Å². The van der Waals surface area contributed by atoms with E-state index in [0.29, 0.717) is 28.2 Å². The fourth-order valence-corrected chi connectivity index (χ4v) is 3.69. The molecule has 0 radical (unpaired) electrons. The lowest BCUT2D eigenvalue weighted by atomic mass is 10.0. The highest BCUT2D eigenvalue weighted by atomic mass is 32.2. The maximum absolute atomic E-state index is 13.2. The summed E-state index contributed by atoms with van der Waals surface area (Å²) < 4.78 is 5.29. The van der Waals surface area contributed by atoms with Crippen molar-refractivity contribution in [2.75, 3.05) is 12.0 Å². The number of benzene rings is 2. The van der Waals surface area contributed by atoms with Gasteiger partial charge in [0.1, 0.15) is 11.4 Å². The number of carbonyl (C=O) groups excluding carboxylic acids is 1. The molecule has 5 nitrogen and oxygen atoms in total. The van der Waals surface area contributed by atoms with Crippen molar-refractivity contribution in [1.29, 1.82) is 5.26 Å². The van der Waals surface area contributed by atoms with Crippen LogP contribution in [0.3, 0.4) is 0 Å². The fourth-order valence-electron chi connectivity index (χ4n) is 2.87. The van der Waals surface area contributed by atoms with Crippen LogP contribution in [0.15, 0.2) is 59.2 Å². The Morgan fingerprint density at radius 2 is 1.90 bits per heavy atom. The van der Waals surface area contributed by atoms with Crippen molar-refractivity contribution in [3.63, 3.8) is 0 Å². The maximum Gasteiger partial charge on any atom is 0.283 e. The second-order valence-electron chi connectivity index (χ2n) is 6.98. The molecule has 0 spiro atoms. The first-order chi connectivity index (χ1) is 13.9. The summed E-state index contributed by atoms with van der Waals surface area (Å²) in [7, 11) is 1.58. The molecule has 3 rings (SSSR count). The van der Waals surface area contributed by atoms with Crippen molar-refractivity contribution in [1.82, 2.24) is 0 Å². The zero-order valence-corrected chi connectivity index (χ0v) is 17.7. The minimum Gasteiger partial charge on any atom is -0.497 e. The predicted molar refractivity (Wildman–Crippen MR) is 119 cm³/mol. The Morgan fingerprint density at radius 3 is 2.52 bits per heavy atom. The zero-order valence-electron chi connectivity index (χ0n) is 16.9. The van der Waals surface area contributed by atoms with E-state index in [1.807, 2.05) is 30.3 Å². The van der Waals surface area contributed by atoms with Gasteiger partial charge in [0.15, 0.2) is 5.17 Å². The van der Waals surface area contributed by atoms with Crippen LogP contribution in [0.5, 0.6) is 5.75 Å². The number of rotatable bonds is 5. The molecule has 2 aromatic carbocycles. The molecule has 29 heavy (non-hydrogen) atoms. The normalized spacial score (nSPS) is 16.1. The monoisotopic (exact) mass is 405 g/mol. The van der Waals surface area contributed by atoms with Crippen molar-refractivity contribution in [2.45, 2.75) is 31.9 Å². The second kappa shape index (κ2) is 8.97. The summed E-state index contributed by atoms with van der Waals surface area (Å²) in [6.45, 7) is 6.07. The standard InChI is InChI=1S/C23H23N3O2S/c1-15(2)18-10-8-17(9-11-18)12-21-22(27)26(23(25-21)29-16(3)14-24)19-6-5-7-20(13-19)28-4/h5-13,15-16H,1-4H3/b21-12+. The maximum atomic E-state index is 13.2. The molecule has 2 aromatic rings. The molecule has 0 saturated carbocycles. The molecular weight excluding hydrogens is 382 g/mol. The number of thioether (sulfide) groups is 1. The quantitative estimate of drug-likeness (QED) is 0.641. The van der Waals surface area contributed by atoms with E-state index >= 15 is 0 Å². The summed E-state index contributed by atoms with van der Waals surface area (Å²) in [5.41, 5.74) is 3.15. The van der Waals surface area contributed by atoms with Crippen LogP contribution >= 0.6 is 11.8 Å². The van der Waals surface area contributed by atoms with Gasteiger partial charge in [-0.1, -0.05) is 55.9 Å². The lowest BCUT2D eigenvalue weighted by molar-refractivity contribution is -0.113. The number of nitriles is 1. The minimum absolute atomic E-state index is 0.223. The number of anilines is 1. The molecule has 1 atom stereocenters. The van der Waals surface area contributed by atoms with Crippen LogP contribution in [0, 0.1) is 11.3 Å². The van der Waals surface area contributed by atoms with Crippen LogP contribution in [-0.4, -0.2) is 23.4 Å². The van der Waals surface area contributed by atoms with E-state index in [1.165, 1.54) is 22.2 Å². The molecule has 1 aliphatic heterocycles. The first kappa shape index (κ1) is 20.7. The van der Waals surface area contributed by atoms with Crippen LogP contribution in [0.2, 0.25) is 0 Å². The summed E-state index contributed by atoms with van der Waals surface area (Å²) in [4.78, 5) is 19.3. The number of hydrogen-bond donors (Lipinski definition) is 0. The zero-order chi connectivity index (χ0) is 21.0. The predicted octanol–water partition coefficient (Wildman–Crippen LogP) is 5.21. The Balaban J connectivity index is 1.98. The molecule has 0 bridgehead atoms. The van der Waals surface area contributed by atoms with Gasteiger partial charge in [0.2, 0.25) is 0 Å². The van der Waals surface area contributed by atoms with Gasteiger partial charge in [0.05, 0.1) is 24.1 Å². The molecule has 0 aromatic heterocycles. The van der Waals surface area contributed by atoms with Crippen LogP contribution in [0.25, 0.3) is 6.08 Å². The van der Waals surface area contributed by atoms with Crippen molar-refractivity contribution < 1.29 is 9.53 Å². The van der Waals surface area contributed by atoms with E-state index in [1.54, 1.807) is 26.2 Å². The van der Waals surface area contributed by atoms with Gasteiger partial charge in [0.25, 0.3) is 5.91 Å². The Morgan fingerprint density at radius 1 is 1.17 bits per heavy atom. The summed E-state index contributed by atoms with van der Waals surface area (Å²) >= 11 is 1.26. The molecule has 0 fully saturated rings. The average molecular weight is 406 g/mol. The van der Waals surface area contributed by atoms with Crippen LogP contribution in [-0.2, 0) is 4.79 Å². The lowest BCUT2D eigenvalue weighted by Crippen LogP contribution is -2.31. The molecule has 0 N–H and O–H groups in total. The van der Waals surface area contributed by atoms with E-state index < -0.39 is 0 Å². The Bertz CT molecular complexity index is 1000. The topological polar surface area (TPSA) is 65.7 Å². The summed E-state index contributed by atoms with van der Waals surface area (Å²) in [5.74, 6) is 0.871. The summed E-state index contributed by atoms with van der Waals surface area (Å²) in [5, 5.41) is 9.36. The van der Waals surface area contributed by atoms with Gasteiger partial charge in [-0.2, -0.15) is 5.26 Å². The largest absolute Gasteiger partial charge is 0.497 e. The highest BCUT2D eigenvalue weighted by Crippen LogP contribution is 2.32. The summed E-state index contributed by atoms with van der Waals surface area (Å²) in [6, 6.07) is 17.5. The van der Waals surface area contributed by atoms with Crippen LogP contribution < -0.4 is 9.64 Å². The Labute approximate surface area is 175 Å². The molecule has 1 heterocycles. The number of ether oxygens (including phenoxy) is 1. The molecule has 0 saturated heterocycles. The molecular formula is C23H23N3O2S. The molecule has 148 valence electrons. The second-order valence-corrected chi connectivity index (χ2v) is 8.28. The third kappa shape index (κ3) is 4.69. The summed E-state index contributed by atoms with van der Waals surface area (Å²) in [6.07, 6.45) is 1.78. The first-order valence-electron chi connectivity index (χ1n) is 9.38. The third-order valence-corrected chi connectivity index (χ3v) is 5.46. The van der Waals surface area contributed by atoms with Gasteiger partial charge in [-0.25, -0.2) is 4.99 Å². The lowest BCUT2D eigenvalue weighted by Gasteiger charge is -2.18. The Hall–Kier alpha value is -3.04. The number of aliphatic imine (C=N–C) groups is 1. The number of amidine groups is 1. The van der Waals surface area contributed by atoms with Gasteiger partial charge in [0, 0.05) is 6.07 Å².